The minimum absolute atomic E-state index is 0.118. The van der Waals surface area contributed by atoms with Crippen LogP contribution in [0.3, 0.4) is 0 Å². The van der Waals surface area contributed by atoms with Gasteiger partial charge in [0.2, 0.25) is 23.6 Å². The van der Waals surface area contributed by atoms with Gasteiger partial charge in [0.05, 0.1) is 26.2 Å². The number of hydrogen-bond acceptors (Lipinski definition) is 12. The minimum atomic E-state index is -1.05. The van der Waals surface area contributed by atoms with Gasteiger partial charge < -0.3 is 20.9 Å². The lowest BCUT2D eigenvalue weighted by Crippen LogP contribution is -2.58. The molecular formula is C28H32N6O8. The van der Waals surface area contributed by atoms with Crippen LogP contribution in [0.4, 0.5) is 0 Å². The van der Waals surface area contributed by atoms with Gasteiger partial charge in [0.15, 0.2) is 13.5 Å². The van der Waals surface area contributed by atoms with Crippen LogP contribution < -0.4 is 11.5 Å². The molecule has 2 unspecified atom stereocenters. The van der Waals surface area contributed by atoms with Gasteiger partial charge in [0.25, 0.3) is 0 Å². The van der Waals surface area contributed by atoms with Crippen molar-refractivity contribution >= 4 is 35.6 Å². The molecule has 2 atom stereocenters. The van der Waals surface area contributed by atoms with E-state index in [4.69, 9.17) is 20.9 Å². The number of nitrogens with zero attached hydrogens (tertiary/aromatic N) is 4. The third kappa shape index (κ3) is 7.61. The molecule has 14 heteroatoms. The Morgan fingerprint density at radius 2 is 0.905 bits per heavy atom. The second kappa shape index (κ2) is 13.9. The Hall–Kier alpha value is -4.50. The maximum Gasteiger partial charge on any atom is 0.329 e. The number of amides is 4. The van der Waals surface area contributed by atoms with Crippen LogP contribution in [0.1, 0.15) is 23.2 Å². The number of esters is 2. The van der Waals surface area contributed by atoms with E-state index in [-0.39, 0.29) is 39.3 Å². The zero-order valence-electron chi connectivity index (χ0n) is 22.8. The molecular weight excluding hydrogens is 548 g/mol. The molecule has 2 heterocycles. The van der Waals surface area contributed by atoms with E-state index in [0.29, 0.717) is 11.1 Å². The third-order valence-corrected chi connectivity index (χ3v) is 6.87. The van der Waals surface area contributed by atoms with Crippen molar-refractivity contribution in [2.75, 3.05) is 52.7 Å². The van der Waals surface area contributed by atoms with Crippen LogP contribution in [0, 0.1) is 0 Å². The van der Waals surface area contributed by atoms with E-state index in [2.05, 4.69) is 0 Å². The maximum atomic E-state index is 12.6. The summed E-state index contributed by atoms with van der Waals surface area (Å²) in [4.78, 5) is 79.8. The normalized spacial score (nSPS) is 18.1. The summed E-state index contributed by atoms with van der Waals surface area (Å²) in [6, 6.07) is 15.0. The Kier molecular flexibility index (Phi) is 10.1. The van der Waals surface area contributed by atoms with Gasteiger partial charge >= 0.3 is 11.9 Å². The first-order valence-corrected chi connectivity index (χ1v) is 13.2. The van der Waals surface area contributed by atoms with E-state index in [1.54, 1.807) is 70.5 Å². The van der Waals surface area contributed by atoms with Crippen LogP contribution in [0.25, 0.3) is 0 Å². The number of piperazine rings is 2. The highest BCUT2D eigenvalue weighted by molar-refractivity contribution is 6.00. The number of carbonyl (C=O) groups excluding carboxylic acids is 6. The van der Waals surface area contributed by atoms with Gasteiger partial charge in [0.1, 0.15) is 12.1 Å². The molecule has 2 aromatic rings. The molecule has 0 spiro atoms. The Labute approximate surface area is 241 Å². The van der Waals surface area contributed by atoms with Crippen LogP contribution in [-0.4, -0.2) is 108 Å². The predicted molar refractivity (Wildman–Crippen MR) is 145 cm³/mol. The second-order valence-corrected chi connectivity index (χ2v) is 9.81. The summed E-state index contributed by atoms with van der Waals surface area (Å²) < 4.78 is 10.2. The Morgan fingerprint density at radius 1 is 0.595 bits per heavy atom. The Bertz CT molecular complexity index is 1190. The lowest BCUT2D eigenvalue weighted by molar-refractivity contribution is -0.167. The fraction of sp³-hybridized carbons (Fsp3) is 0.357. The van der Waals surface area contributed by atoms with E-state index < -0.39 is 61.1 Å². The SMILES string of the molecule is NC(C(=O)OCN1C(=O)CN(CCN2CC(=O)N(COC(=O)C(N)c3ccccc3)C(=O)C2)CC1=O)c1ccccc1. The summed E-state index contributed by atoms with van der Waals surface area (Å²) in [5.41, 5.74) is 12.9. The molecule has 2 fully saturated rings. The average Bonchev–Trinajstić information content (AvgIpc) is 2.99. The molecule has 4 N–H and O–H groups in total. The first kappa shape index (κ1) is 30.5. The van der Waals surface area contributed by atoms with E-state index in [1.165, 1.54) is 0 Å². The van der Waals surface area contributed by atoms with Gasteiger partial charge in [-0.25, -0.2) is 19.4 Å². The van der Waals surface area contributed by atoms with Crippen LogP contribution in [0.5, 0.6) is 0 Å². The van der Waals surface area contributed by atoms with Gasteiger partial charge in [0, 0.05) is 13.1 Å². The van der Waals surface area contributed by atoms with E-state index >= 15 is 0 Å². The van der Waals surface area contributed by atoms with Crippen molar-refractivity contribution in [1.82, 2.24) is 19.6 Å². The van der Waals surface area contributed by atoms with Crippen LogP contribution in [-0.2, 0) is 38.2 Å². The smallest absolute Gasteiger partial charge is 0.329 e. The monoisotopic (exact) mass is 580 g/mol. The van der Waals surface area contributed by atoms with E-state index in [1.807, 2.05) is 0 Å². The van der Waals surface area contributed by atoms with Crippen molar-refractivity contribution in [3.63, 3.8) is 0 Å². The Morgan fingerprint density at radius 3 is 1.21 bits per heavy atom. The molecule has 0 radical (unpaired) electrons. The molecule has 14 nitrogen and oxygen atoms in total. The molecule has 2 aliphatic heterocycles. The second-order valence-electron chi connectivity index (χ2n) is 9.81. The zero-order chi connectivity index (χ0) is 30.2. The topological polar surface area (TPSA) is 186 Å². The molecule has 222 valence electrons. The molecule has 0 aliphatic carbocycles. The fourth-order valence-corrected chi connectivity index (χ4v) is 4.41. The lowest BCUT2D eigenvalue weighted by atomic mass is 10.1. The first-order valence-electron chi connectivity index (χ1n) is 13.2. The molecule has 4 rings (SSSR count). The number of rotatable bonds is 11. The standard InChI is InChI=1S/C28H32N6O8/c29-25(19-7-3-1-4-8-19)27(39)41-17-33-21(35)13-31(14-22(33)36)11-12-32-15-23(37)34(24(38)16-32)18-42-28(40)26(30)20-9-5-2-6-10-20/h1-10,25-26H,11-18,29-30H2. The largest absolute Gasteiger partial charge is 0.442 e. The lowest BCUT2D eigenvalue weighted by Gasteiger charge is -2.35. The summed E-state index contributed by atoms with van der Waals surface area (Å²) in [6.07, 6.45) is 0. The van der Waals surface area contributed by atoms with Gasteiger partial charge in [-0.3, -0.25) is 29.0 Å². The summed E-state index contributed by atoms with van der Waals surface area (Å²) in [7, 11) is 0. The van der Waals surface area contributed by atoms with Gasteiger partial charge in [-0.05, 0) is 11.1 Å². The summed E-state index contributed by atoms with van der Waals surface area (Å²) in [5, 5.41) is 0. The quantitative estimate of drug-likeness (QED) is 0.237. The molecule has 2 saturated heterocycles. The summed E-state index contributed by atoms with van der Waals surface area (Å²) in [5.74, 6) is -3.77. The minimum Gasteiger partial charge on any atom is -0.442 e. The van der Waals surface area contributed by atoms with Crippen molar-refractivity contribution in [1.29, 1.82) is 0 Å². The van der Waals surface area contributed by atoms with E-state index in [9.17, 15) is 28.8 Å². The molecule has 0 aromatic heterocycles. The maximum absolute atomic E-state index is 12.6. The number of benzene rings is 2. The average molecular weight is 581 g/mol. The molecule has 2 aliphatic rings. The molecule has 0 saturated carbocycles. The molecule has 0 bridgehead atoms. The molecule has 4 amide bonds. The summed E-state index contributed by atoms with van der Waals surface area (Å²) >= 11 is 0. The summed E-state index contributed by atoms with van der Waals surface area (Å²) in [6.45, 7) is -1.10. The molecule has 2 aromatic carbocycles. The van der Waals surface area contributed by atoms with Crippen molar-refractivity contribution in [3.05, 3.63) is 71.8 Å². The first-order chi connectivity index (χ1) is 20.1. The fourth-order valence-electron chi connectivity index (χ4n) is 4.41. The predicted octanol–water partition coefficient (Wildman–Crippen LogP) is -1.27. The van der Waals surface area contributed by atoms with Crippen molar-refractivity contribution < 1.29 is 38.2 Å². The third-order valence-electron chi connectivity index (χ3n) is 6.87. The zero-order valence-corrected chi connectivity index (χ0v) is 22.8. The number of hydrogen-bond donors (Lipinski definition) is 2. The number of ether oxygens (including phenoxy) is 2. The number of carbonyl (C=O) groups is 6. The van der Waals surface area contributed by atoms with Crippen molar-refractivity contribution in [3.8, 4) is 0 Å². The molecule has 42 heavy (non-hydrogen) atoms. The van der Waals surface area contributed by atoms with E-state index in [0.717, 1.165) is 9.80 Å². The van der Waals surface area contributed by atoms with Gasteiger partial charge in [-0.2, -0.15) is 0 Å². The highest BCUT2D eigenvalue weighted by Crippen LogP contribution is 2.14. The van der Waals surface area contributed by atoms with Crippen LogP contribution in [0.2, 0.25) is 0 Å². The van der Waals surface area contributed by atoms with Crippen molar-refractivity contribution in [2.24, 2.45) is 11.5 Å². The number of imide groups is 2. The highest BCUT2D eigenvalue weighted by atomic mass is 16.6. The Balaban J connectivity index is 1.19. The van der Waals surface area contributed by atoms with Gasteiger partial charge in [-0.1, -0.05) is 60.7 Å². The van der Waals surface area contributed by atoms with Crippen LogP contribution >= 0.6 is 0 Å². The van der Waals surface area contributed by atoms with Gasteiger partial charge in [-0.15, -0.1) is 0 Å². The highest BCUT2D eigenvalue weighted by Gasteiger charge is 2.35. The van der Waals surface area contributed by atoms with Crippen molar-refractivity contribution in [2.45, 2.75) is 12.1 Å². The van der Waals surface area contributed by atoms with Crippen LogP contribution in [0.15, 0.2) is 60.7 Å². The number of nitrogens with two attached hydrogens (primary N) is 2.